The number of carbonyl (C=O) groups excluding carboxylic acids is 1. The second kappa shape index (κ2) is 6.01. The number of nitrogens with zero attached hydrogens (tertiary/aromatic N) is 2. The predicted molar refractivity (Wildman–Crippen MR) is 76.9 cm³/mol. The molecule has 0 atom stereocenters. The molecule has 0 aliphatic carbocycles. The topological polar surface area (TPSA) is 90.1 Å². The van der Waals surface area contributed by atoms with Crippen LogP contribution < -0.4 is 11.1 Å². The summed E-state index contributed by atoms with van der Waals surface area (Å²) in [6.45, 7) is 3.90. The molecule has 20 heavy (non-hydrogen) atoms. The lowest BCUT2D eigenvalue weighted by Crippen LogP contribution is -2.10. The van der Waals surface area contributed by atoms with Crippen LogP contribution in [0, 0.1) is 6.92 Å². The zero-order chi connectivity index (χ0) is 14.5. The van der Waals surface area contributed by atoms with E-state index in [1.165, 1.54) is 6.20 Å². The Balaban J connectivity index is 2.36. The average Bonchev–Trinajstić information content (AvgIpc) is 2.43. The van der Waals surface area contributed by atoms with Crippen LogP contribution in [0.25, 0.3) is 0 Å². The van der Waals surface area contributed by atoms with Crippen molar-refractivity contribution < 1.29 is 9.53 Å². The van der Waals surface area contributed by atoms with E-state index in [-0.39, 0.29) is 0 Å². The van der Waals surface area contributed by atoms with Crippen molar-refractivity contribution in [1.82, 2.24) is 9.97 Å². The highest BCUT2D eigenvalue weighted by atomic mass is 16.5. The molecular formula is C14H16N4O2. The summed E-state index contributed by atoms with van der Waals surface area (Å²) in [5.41, 5.74) is 7.96. The van der Waals surface area contributed by atoms with E-state index >= 15 is 0 Å². The third-order valence-corrected chi connectivity index (χ3v) is 2.66. The SMILES string of the molecule is CCOC(=O)c1cc(N)cnc1Nc1cccnc1C. The number of hydrogen-bond donors (Lipinski definition) is 2. The van der Waals surface area contributed by atoms with Gasteiger partial charge < -0.3 is 15.8 Å². The van der Waals surface area contributed by atoms with Gasteiger partial charge in [0, 0.05) is 6.20 Å². The van der Waals surface area contributed by atoms with Gasteiger partial charge in [-0.25, -0.2) is 9.78 Å². The summed E-state index contributed by atoms with van der Waals surface area (Å²) in [6.07, 6.45) is 3.18. The molecular weight excluding hydrogens is 256 g/mol. The molecule has 0 saturated heterocycles. The molecule has 0 aliphatic heterocycles. The van der Waals surface area contributed by atoms with Gasteiger partial charge in [-0.2, -0.15) is 0 Å². The van der Waals surface area contributed by atoms with Crippen LogP contribution in [-0.4, -0.2) is 22.5 Å². The molecule has 2 aromatic rings. The number of ether oxygens (including phenoxy) is 1. The first-order valence-electron chi connectivity index (χ1n) is 6.23. The summed E-state index contributed by atoms with van der Waals surface area (Å²) in [6, 6.07) is 5.20. The molecule has 104 valence electrons. The smallest absolute Gasteiger partial charge is 0.341 e. The van der Waals surface area contributed by atoms with Gasteiger partial charge in [0.2, 0.25) is 0 Å². The molecule has 2 aromatic heterocycles. The van der Waals surface area contributed by atoms with E-state index in [1.54, 1.807) is 25.3 Å². The molecule has 2 heterocycles. The zero-order valence-corrected chi connectivity index (χ0v) is 11.4. The number of pyridine rings is 2. The predicted octanol–water partition coefficient (Wildman–Crippen LogP) is 2.29. The van der Waals surface area contributed by atoms with Crippen LogP contribution in [0.5, 0.6) is 0 Å². The summed E-state index contributed by atoms with van der Waals surface area (Å²) in [5, 5.41) is 3.08. The Morgan fingerprint density at radius 3 is 2.95 bits per heavy atom. The van der Waals surface area contributed by atoms with Crippen molar-refractivity contribution in [1.29, 1.82) is 0 Å². The quantitative estimate of drug-likeness (QED) is 0.830. The largest absolute Gasteiger partial charge is 0.462 e. The first kappa shape index (κ1) is 13.8. The summed E-state index contributed by atoms with van der Waals surface area (Å²) in [7, 11) is 0. The van der Waals surface area contributed by atoms with Crippen LogP contribution in [0.4, 0.5) is 17.2 Å². The Morgan fingerprint density at radius 2 is 2.25 bits per heavy atom. The zero-order valence-electron chi connectivity index (χ0n) is 11.4. The van der Waals surface area contributed by atoms with Gasteiger partial charge >= 0.3 is 5.97 Å². The van der Waals surface area contributed by atoms with Crippen LogP contribution >= 0.6 is 0 Å². The summed E-state index contributed by atoms with van der Waals surface area (Å²) in [4.78, 5) is 20.2. The fraction of sp³-hybridized carbons (Fsp3) is 0.214. The second-order valence-corrected chi connectivity index (χ2v) is 4.15. The van der Waals surface area contributed by atoms with Gasteiger partial charge in [-0.3, -0.25) is 4.98 Å². The minimum absolute atomic E-state index is 0.291. The number of rotatable bonds is 4. The maximum atomic E-state index is 11.9. The van der Waals surface area contributed by atoms with E-state index in [0.29, 0.717) is 23.7 Å². The number of nitrogens with one attached hydrogen (secondary N) is 1. The molecule has 6 nitrogen and oxygen atoms in total. The van der Waals surface area contributed by atoms with Crippen LogP contribution in [0.15, 0.2) is 30.6 Å². The minimum Gasteiger partial charge on any atom is -0.462 e. The number of hydrogen-bond acceptors (Lipinski definition) is 6. The molecule has 0 amide bonds. The molecule has 0 radical (unpaired) electrons. The van der Waals surface area contributed by atoms with Crippen LogP contribution in [0.1, 0.15) is 23.0 Å². The molecule has 0 fully saturated rings. The van der Waals surface area contributed by atoms with Crippen LogP contribution in [-0.2, 0) is 4.74 Å². The van der Waals surface area contributed by atoms with Gasteiger partial charge in [-0.15, -0.1) is 0 Å². The summed E-state index contributed by atoms with van der Waals surface area (Å²) >= 11 is 0. The van der Waals surface area contributed by atoms with Crippen LogP contribution in [0.2, 0.25) is 0 Å². The maximum Gasteiger partial charge on any atom is 0.341 e. The van der Waals surface area contributed by atoms with E-state index in [4.69, 9.17) is 10.5 Å². The van der Waals surface area contributed by atoms with Crippen molar-refractivity contribution in [2.45, 2.75) is 13.8 Å². The van der Waals surface area contributed by atoms with Gasteiger partial charge in [-0.05, 0) is 32.0 Å². The second-order valence-electron chi connectivity index (χ2n) is 4.15. The number of esters is 1. The lowest BCUT2D eigenvalue weighted by Gasteiger charge is -2.12. The van der Waals surface area contributed by atoms with E-state index < -0.39 is 5.97 Å². The highest BCUT2D eigenvalue weighted by Crippen LogP contribution is 2.22. The molecule has 0 spiro atoms. The molecule has 3 N–H and O–H groups in total. The summed E-state index contributed by atoms with van der Waals surface area (Å²) in [5.74, 6) is -0.0647. The monoisotopic (exact) mass is 272 g/mol. The number of aromatic nitrogens is 2. The minimum atomic E-state index is -0.462. The first-order chi connectivity index (χ1) is 9.61. The maximum absolute atomic E-state index is 11.9. The van der Waals surface area contributed by atoms with Crippen molar-refractivity contribution in [2.75, 3.05) is 17.7 Å². The number of anilines is 3. The Labute approximate surface area is 117 Å². The van der Waals surface area contributed by atoms with E-state index in [9.17, 15) is 4.79 Å². The van der Waals surface area contributed by atoms with Gasteiger partial charge in [0.05, 0.1) is 29.9 Å². The van der Waals surface area contributed by atoms with E-state index in [2.05, 4.69) is 15.3 Å². The van der Waals surface area contributed by atoms with Crippen LogP contribution in [0.3, 0.4) is 0 Å². The number of aryl methyl sites for hydroxylation is 1. The number of nitrogens with two attached hydrogens (primary N) is 1. The molecule has 0 aromatic carbocycles. The summed E-state index contributed by atoms with van der Waals surface area (Å²) < 4.78 is 5.00. The van der Waals surface area contributed by atoms with Gasteiger partial charge in [0.1, 0.15) is 11.4 Å². The Kier molecular flexibility index (Phi) is 4.14. The van der Waals surface area contributed by atoms with Gasteiger partial charge in [0.15, 0.2) is 0 Å². The fourth-order valence-electron chi connectivity index (χ4n) is 1.69. The number of carbonyl (C=O) groups is 1. The third-order valence-electron chi connectivity index (χ3n) is 2.66. The third kappa shape index (κ3) is 3.03. The molecule has 2 rings (SSSR count). The van der Waals surface area contributed by atoms with Crippen molar-refractivity contribution >= 4 is 23.2 Å². The van der Waals surface area contributed by atoms with E-state index in [1.807, 2.05) is 13.0 Å². The standard InChI is InChI=1S/C14H16N4O2/c1-3-20-14(19)11-7-10(15)8-17-13(11)18-12-5-4-6-16-9(12)2/h4-8H,3,15H2,1-2H3,(H,17,18). The normalized spacial score (nSPS) is 10.1. The van der Waals surface area contributed by atoms with Gasteiger partial charge in [0.25, 0.3) is 0 Å². The van der Waals surface area contributed by atoms with Crippen molar-refractivity contribution in [3.63, 3.8) is 0 Å². The molecule has 0 unspecified atom stereocenters. The Morgan fingerprint density at radius 1 is 1.45 bits per heavy atom. The highest BCUT2D eigenvalue weighted by Gasteiger charge is 2.15. The first-order valence-corrected chi connectivity index (χ1v) is 6.23. The van der Waals surface area contributed by atoms with Gasteiger partial charge in [-0.1, -0.05) is 0 Å². The molecule has 0 bridgehead atoms. The Bertz CT molecular complexity index is 628. The molecule has 0 aliphatic rings. The molecule has 0 saturated carbocycles. The Hall–Kier alpha value is -2.63. The lowest BCUT2D eigenvalue weighted by atomic mass is 10.2. The number of nitrogen functional groups attached to an aromatic ring is 1. The molecule has 6 heteroatoms. The van der Waals surface area contributed by atoms with Crippen molar-refractivity contribution in [3.8, 4) is 0 Å². The van der Waals surface area contributed by atoms with Crippen molar-refractivity contribution in [2.24, 2.45) is 0 Å². The fourth-order valence-corrected chi connectivity index (χ4v) is 1.69. The lowest BCUT2D eigenvalue weighted by molar-refractivity contribution is 0.0527. The van der Waals surface area contributed by atoms with E-state index in [0.717, 1.165) is 11.4 Å². The van der Waals surface area contributed by atoms with Crippen molar-refractivity contribution in [3.05, 3.63) is 41.9 Å². The highest BCUT2D eigenvalue weighted by molar-refractivity contribution is 5.96. The average molecular weight is 272 g/mol.